The first-order valence-electron chi connectivity index (χ1n) is 4.40. The van der Waals surface area contributed by atoms with Gasteiger partial charge in [-0.15, -0.1) is 10.2 Å². The summed E-state index contributed by atoms with van der Waals surface area (Å²) in [6, 6.07) is 5.66. The van der Waals surface area contributed by atoms with Crippen LogP contribution >= 0.6 is 0 Å². The van der Waals surface area contributed by atoms with Gasteiger partial charge in [0.1, 0.15) is 17.5 Å². The lowest BCUT2D eigenvalue weighted by molar-refractivity contribution is 0.602. The Kier molecular flexibility index (Phi) is 1.68. The van der Waals surface area contributed by atoms with E-state index in [-0.39, 0.29) is 0 Å². The van der Waals surface area contributed by atoms with Crippen LogP contribution in [0.5, 0.6) is 0 Å². The Morgan fingerprint density at radius 1 is 1.20 bits per heavy atom. The molecule has 0 fully saturated rings. The van der Waals surface area contributed by atoms with Crippen LogP contribution in [-0.4, -0.2) is 20.2 Å². The zero-order chi connectivity index (χ0) is 10.1. The normalized spacial score (nSPS) is 10.7. The van der Waals surface area contributed by atoms with Crippen molar-refractivity contribution in [3.63, 3.8) is 0 Å². The summed E-state index contributed by atoms with van der Waals surface area (Å²) in [6.45, 7) is 0. The first kappa shape index (κ1) is 8.05. The number of fused-ring (bicyclic) bond motifs is 1. The first-order chi connectivity index (χ1) is 7.45. The number of nitrogens with zero attached hydrogens (tertiary/aromatic N) is 4. The highest BCUT2D eigenvalue weighted by atomic mass is 16.3. The fourth-order valence-corrected chi connectivity index (χ4v) is 1.46. The number of hydrogen-bond acceptors (Lipinski definition) is 5. The molecular weight excluding hydrogens is 192 g/mol. The minimum Gasteiger partial charge on any atom is -0.443 e. The molecule has 0 amide bonds. The molecule has 0 aliphatic heterocycles. The minimum atomic E-state index is 0.692. The molecule has 0 saturated carbocycles. The van der Waals surface area contributed by atoms with Crippen LogP contribution in [0.3, 0.4) is 0 Å². The van der Waals surface area contributed by atoms with Crippen molar-refractivity contribution in [3.05, 3.63) is 37.1 Å². The Hall–Kier alpha value is -2.30. The summed E-state index contributed by atoms with van der Waals surface area (Å²) < 4.78 is 5.20. The van der Waals surface area contributed by atoms with Crippen molar-refractivity contribution < 1.29 is 4.42 Å². The summed E-state index contributed by atoms with van der Waals surface area (Å²) in [5, 5.41) is 7.72. The highest BCUT2D eigenvalue weighted by Crippen LogP contribution is 2.24. The molecule has 2 aromatic heterocycles. The molecule has 0 unspecified atom stereocenters. The Balaban J connectivity index is 2.31. The van der Waals surface area contributed by atoms with Crippen molar-refractivity contribution in [1.29, 1.82) is 0 Å². The summed E-state index contributed by atoms with van der Waals surface area (Å²) in [7, 11) is 0. The molecule has 1 aromatic carbocycles. The average molecular weight is 198 g/mol. The largest absolute Gasteiger partial charge is 0.443 e. The van der Waals surface area contributed by atoms with E-state index in [1.165, 1.54) is 12.7 Å². The van der Waals surface area contributed by atoms with Crippen LogP contribution in [-0.2, 0) is 0 Å². The van der Waals surface area contributed by atoms with Crippen molar-refractivity contribution in [3.8, 4) is 11.3 Å². The van der Waals surface area contributed by atoms with Crippen LogP contribution in [0.25, 0.3) is 22.4 Å². The van der Waals surface area contributed by atoms with Crippen LogP contribution in [0.1, 0.15) is 0 Å². The first-order valence-corrected chi connectivity index (χ1v) is 4.40. The number of oxazole rings is 1. The van der Waals surface area contributed by atoms with Gasteiger partial charge in [0, 0.05) is 5.56 Å². The van der Waals surface area contributed by atoms with Crippen LogP contribution in [0.15, 0.2) is 41.5 Å². The van der Waals surface area contributed by atoms with Crippen molar-refractivity contribution in [2.45, 2.75) is 0 Å². The number of aromatic nitrogens is 4. The molecule has 0 N–H and O–H groups in total. The summed E-state index contributed by atoms with van der Waals surface area (Å²) in [5.41, 5.74) is 3.08. The van der Waals surface area contributed by atoms with Crippen molar-refractivity contribution in [2.75, 3.05) is 0 Å². The minimum absolute atomic E-state index is 0.692. The topological polar surface area (TPSA) is 64.7 Å². The van der Waals surface area contributed by atoms with Gasteiger partial charge < -0.3 is 4.42 Å². The van der Waals surface area contributed by atoms with Gasteiger partial charge in [-0.05, 0) is 6.07 Å². The summed E-state index contributed by atoms with van der Waals surface area (Å²) in [4.78, 5) is 8.05. The van der Waals surface area contributed by atoms with Crippen LogP contribution < -0.4 is 0 Å². The molecule has 5 nitrogen and oxygen atoms in total. The van der Waals surface area contributed by atoms with E-state index in [0.717, 1.165) is 16.7 Å². The molecular formula is C10H6N4O. The molecule has 15 heavy (non-hydrogen) atoms. The number of rotatable bonds is 1. The van der Waals surface area contributed by atoms with Crippen molar-refractivity contribution in [1.82, 2.24) is 20.2 Å². The van der Waals surface area contributed by atoms with Gasteiger partial charge in [-0.2, -0.15) is 0 Å². The fraction of sp³-hybridized carbons (Fsp3) is 0. The zero-order valence-electron chi connectivity index (χ0n) is 7.66. The van der Waals surface area contributed by atoms with Gasteiger partial charge in [0.2, 0.25) is 0 Å². The fourth-order valence-electron chi connectivity index (χ4n) is 1.46. The predicted molar refractivity (Wildman–Crippen MR) is 52.8 cm³/mol. The third kappa shape index (κ3) is 1.25. The lowest BCUT2D eigenvalue weighted by Gasteiger charge is -1.97. The second kappa shape index (κ2) is 3.13. The van der Waals surface area contributed by atoms with Gasteiger partial charge in [0.25, 0.3) is 0 Å². The van der Waals surface area contributed by atoms with Crippen molar-refractivity contribution in [2.24, 2.45) is 0 Å². The van der Waals surface area contributed by atoms with Gasteiger partial charge in [0.15, 0.2) is 12.0 Å². The van der Waals surface area contributed by atoms with Gasteiger partial charge in [-0.3, -0.25) is 0 Å². The second-order valence-electron chi connectivity index (χ2n) is 3.00. The smallest absolute Gasteiger partial charge is 0.182 e. The molecule has 0 radical (unpaired) electrons. The van der Waals surface area contributed by atoms with E-state index in [1.54, 1.807) is 6.20 Å². The Morgan fingerprint density at radius 2 is 2.20 bits per heavy atom. The lowest BCUT2D eigenvalue weighted by atomic mass is 10.1. The predicted octanol–water partition coefficient (Wildman–Crippen LogP) is 1.68. The third-order valence-electron chi connectivity index (χ3n) is 2.12. The van der Waals surface area contributed by atoms with Crippen LogP contribution in [0, 0.1) is 0 Å². The number of para-hydroxylation sites is 1. The molecule has 72 valence electrons. The maximum atomic E-state index is 5.20. The Bertz CT molecular complexity index is 590. The van der Waals surface area contributed by atoms with Crippen molar-refractivity contribution >= 4 is 11.1 Å². The molecule has 0 aliphatic carbocycles. The number of benzene rings is 1. The quantitative estimate of drug-likeness (QED) is 0.595. The summed E-state index contributed by atoms with van der Waals surface area (Å²) >= 11 is 0. The van der Waals surface area contributed by atoms with Gasteiger partial charge >= 0.3 is 0 Å². The molecule has 0 saturated heterocycles. The maximum absolute atomic E-state index is 5.20. The molecule has 0 bridgehead atoms. The highest BCUT2D eigenvalue weighted by Gasteiger charge is 2.07. The molecule has 0 atom stereocenters. The third-order valence-corrected chi connectivity index (χ3v) is 2.12. The molecule has 3 aromatic rings. The summed E-state index contributed by atoms with van der Waals surface area (Å²) in [5.74, 6) is 0. The Morgan fingerprint density at radius 3 is 3.07 bits per heavy atom. The van der Waals surface area contributed by atoms with E-state index in [1.807, 2.05) is 18.2 Å². The van der Waals surface area contributed by atoms with E-state index >= 15 is 0 Å². The highest BCUT2D eigenvalue weighted by molar-refractivity contribution is 5.88. The monoisotopic (exact) mass is 198 g/mol. The molecule has 0 aliphatic rings. The van der Waals surface area contributed by atoms with E-state index in [2.05, 4.69) is 20.2 Å². The van der Waals surface area contributed by atoms with E-state index in [9.17, 15) is 0 Å². The summed E-state index contributed by atoms with van der Waals surface area (Å²) in [6.07, 6.45) is 4.46. The maximum Gasteiger partial charge on any atom is 0.182 e. The van der Waals surface area contributed by atoms with E-state index in [4.69, 9.17) is 4.42 Å². The van der Waals surface area contributed by atoms with Gasteiger partial charge in [0.05, 0.1) is 6.20 Å². The Labute approximate surface area is 84.8 Å². The van der Waals surface area contributed by atoms with Crippen LogP contribution in [0.2, 0.25) is 0 Å². The standard InChI is InChI=1S/C10H6N4O/c1-2-7(8-4-11-5-13-14-8)10-9(3-1)15-6-12-10/h1-6H. The molecule has 0 spiro atoms. The lowest BCUT2D eigenvalue weighted by Crippen LogP contribution is -1.88. The van der Waals surface area contributed by atoms with E-state index in [0.29, 0.717) is 5.69 Å². The van der Waals surface area contributed by atoms with Gasteiger partial charge in [-0.1, -0.05) is 12.1 Å². The van der Waals surface area contributed by atoms with Gasteiger partial charge in [-0.25, -0.2) is 9.97 Å². The zero-order valence-corrected chi connectivity index (χ0v) is 7.66. The molecule has 5 heteroatoms. The molecule has 2 heterocycles. The molecule has 3 rings (SSSR count). The average Bonchev–Trinajstić information content (AvgIpc) is 2.78. The number of hydrogen-bond donors (Lipinski definition) is 0. The van der Waals surface area contributed by atoms with E-state index < -0.39 is 0 Å². The second-order valence-corrected chi connectivity index (χ2v) is 3.00. The SMILES string of the molecule is c1cc(-c2cncnn2)c2ncoc2c1. The van der Waals surface area contributed by atoms with Crippen LogP contribution in [0.4, 0.5) is 0 Å².